The van der Waals surface area contributed by atoms with E-state index in [4.69, 9.17) is 4.42 Å². The average molecular weight is 287 g/mol. The molecule has 0 aliphatic heterocycles. The summed E-state index contributed by atoms with van der Waals surface area (Å²) < 4.78 is 19.6. The molecule has 0 spiro atoms. The van der Waals surface area contributed by atoms with Gasteiger partial charge < -0.3 is 9.52 Å². The summed E-state index contributed by atoms with van der Waals surface area (Å²) in [4.78, 5) is 11.5. The van der Waals surface area contributed by atoms with Crippen LogP contribution in [0.25, 0.3) is 11.1 Å². The van der Waals surface area contributed by atoms with Crippen molar-refractivity contribution in [3.8, 4) is 0 Å². The zero-order valence-corrected chi connectivity index (χ0v) is 11.6. The smallest absolute Gasteiger partial charge is 0.408 e. The van der Waals surface area contributed by atoms with Crippen molar-refractivity contribution in [3.05, 3.63) is 69.5 Å². The first-order chi connectivity index (χ1) is 9.97. The highest BCUT2D eigenvalue weighted by Crippen LogP contribution is 2.27. The Hall–Kier alpha value is -2.40. The fourth-order valence-corrected chi connectivity index (χ4v) is 2.45. The molecule has 0 aliphatic carbocycles. The molecular weight excluding hydrogens is 273 g/mol. The van der Waals surface area contributed by atoms with E-state index in [1.807, 2.05) is 0 Å². The second-order valence-corrected chi connectivity index (χ2v) is 5.06. The first-order valence-corrected chi connectivity index (χ1v) is 6.51. The van der Waals surface area contributed by atoms with Crippen molar-refractivity contribution in [3.63, 3.8) is 0 Å². The van der Waals surface area contributed by atoms with Crippen LogP contribution in [0.15, 0.2) is 45.6 Å². The molecular formula is C16H14FNO3. The number of nitrogens with zero attached hydrogens (tertiary/aromatic N) is 1. The summed E-state index contributed by atoms with van der Waals surface area (Å²) in [5.74, 6) is -0.789. The molecule has 1 heterocycles. The minimum absolute atomic E-state index is 0.340. The number of aliphatic hydroxyl groups is 1. The molecule has 0 aliphatic rings. The van der Waals surface area contributed by atoms with E-state index in [1.165, 1.54) is 16.7 Å². The topological polar surface area (TPSA) is 55.4 Å². The summed E-state index contributed by atoms with van der Waals surface area (Å²) >= 11 is 0. The SMILES string of the molecule is Cc1cc(F)ccc1C(O)c1ccc2c(c1)oc(=O)n2C. The van der Waals surface area contributed by atoms with Gasteiger partial charge in [0.05, 0.1) is 5.52 Å². The Morgan fingerprint density at radius 2 is 2.00 bits per heavy atom. The van der Waals surface area contributed by atoms with Gasteiger partial charge in [0.2, 0.25) is 0 Å². The monoisotopic (exact) mass is 287 g/mol. The van der Waals surface area contributed by atoms with Crippen molar-refractivity contribution >= 4 is 11.1 Å². The number of hydrogen-bond acceptors (Lipinski definition) is 3. The average Bonchev–Trinajstić information content (AvgIpc) is 2.73. The van der Waals surface area contributed by atoms with E-state index in [1.54, 1.807) is 38.2 Å². The van der Waals surface area contributed by atoms with Crippen molar-refractivity contribution in [1.29, 1.82) is 0 Å². The lowest BCUT2D eigenvalue weighted by Gasteiger charge is -2.14. The van der Waals surface area contributed by atoms with Gasteiger partial charge in [-0.3, -0.25) is 4.57 Å². The van der Waals surface area contributed by atoms with Gasteiger partial charge in [-0.1, -0.05) is 12.1 Å². The van der Waals surface area contributed by atoms with E-state index in [0.717, 1.165) is 0 Å². The molecule has 0 fully saturated rings. The number of fused-ring (bicyclic) bond motifs is 1. The molecule has 0 saturated heterocycles. The lowest BCUT2D eigenvalue weighted by atomic mass is 9.97. The Balaban J connectivity index is 2.09. The second kappa shape index (κ2) is 4.86. The van der Waals surface area contributed by atoms with Crippen molar-refractivity contribution in [2.45, 2.75) is 13.0 Å². The van der Waals surface area contributed by atoms with Crippen LogP contribution >= 0.6 is 0 Å². The highest BCUT2D eigenvalue weighted by atomic mass is 19.1. The molecule has 1 unspecified atom stereocenters. The van der Waals surface area contributed by atoms with Crippen LogP contribution in [-0.4, -0.2) is 9.67 Å². The van der Waals surface area contributed by atoms with E-state index in [2.05, 4.69) is 0 Å². The highest BCUT2D eigenvalue weighted by molar-refractivity contribution is 5.74. The second-order valence-electron chi connectivity index (χ2n) is 5.06. The van der Waals surface area contributed by atoms with Crippen LogP contribution in [0.4, 0.5) is 4.39 Å². The van der Waals surface area contributed by atoms with Crippen LogP contribution < -0.4 is 5.76 Å². The molecule has 4 nitrogen and oxygen atoms in total. The third-order valence-electron chi connectivity index (χ3n) is 3.66. The predicted molar refractivity (Wildman–Crippen MR) is 76.7 cm³/mol. The molecule has 0 bridgehead atoms. The van der Waals surface area contributed by atoms with Crippen LogP contribution in [0, 0.1) is 12.7 Å². The maximum Gasteiger partial charge on any atom is 0.419 e. The lowest BCUT2D eigenvalue weighted by molar-refractivity contribution is 0.219. The third kappa shape index (κ3) is 2.25. The van der Waals surface area contributed by atoms with Crippen molar-refractivity contribution < 1.29 is 13.9 Å². The molecule has 1 aromatic heterocycles. The van der Waals surface area contributed by atoms with Gasteiger partial charge in [-0.05, 0) is 47.9 Å². The molecule has 1 atom stereocenters. The number of aliphatic hydroxyl groups excluding tert-OH is 1. The van der Waals surface area contributed by atoms with Crippen LogP contribution in [0.5, 0.6) is 0 Å². The molecule has 1 N–H and O–H groups in total. The van der Waals surface area contributed by atoms with Gasteiger partial charge >= 0.3 is 5.76 Å². The van der Waals surface area contributed by atoms with E-state index < -0.39 is 11.9 Å². The third-order valence-corrected chi connectivity index (χ3v) is 3.66. The predicted octanol–water partition coefficient (Wildman–Crippen LogP) is 2.66. The van der Waals surface area contributed by atoms with E-state index in [0.29, 0.717) is 27.8 Å². The number of halogens is 1. The molecule has 108 valence electrons. The van der Waals surface area contributed by atoms with Crippen LogP contribution in [-0.2, 0) is 7.05 Å². The minimum atomic E-state index is -0.902. The first kappa shape index (κ1) is 13.6. The normalized spacial score (nSPS) is 12.8. The summed E-state index contributed by atoms with van der Waals surface area (Å²) in [7, 11) is 1.62. The number of rotatable bonds is 2. The summed E-state index contributed by atoms with van der Waals surface area (Å²) in [6, 6.07) is 9.32. The van der Waals surface area contributed by atoms with Gasteiger partial charge in [-0.25, -0.2) is 9.18 Å². The summed E-state index contributed by atoms with van der Waals surface area (Å²) in [5.41, 5.74) is 2.95. The molecule has 21 heavy (non-hydrogen) atoms. The van der Waals surface area contributed by atoms with Gasteiger partial charge in [0.1, 0.15) is 11.9 Å². The number of oxazole rings is 1. The van der Waals surface area contributed by atoms with Crippen LogP contribution in [0.1, 0.15) is 22.8 Å². The largest absolute Gasteiger partial charge is 0.419 e. The molecule has 0 amide bonds. The Morgan fingerprint density at radius 3 is 2.71 bits per heavy atom. The van der Waals surface area contributed by atoms with E-state index in [-0.39, 0.29) is 5.82 Å². The van der Waals surface area contributed by atoms with E-state index >= 15 is 0 Å². The number of aryl methyl sites for hydroxylation is 2. The van der Waals surface area contributed by atoms with Gasteiger partial charge in [0, 0.05) is 7.05 Å². The molecule has 0 saturated carbocycles. The lowest BCUT2D eigenvalue weighted by Crippen LogP contribution is -2.08. The van der Waals surface area contributed by atoms with Crippen molar-refractivity contribution in [1.82, 2.24) is 4.57 Å². The van der Waals surface area contributed by atoms with Crippen LogP contribution in [0.2, 0.25) is 0 Å². The molecule has 5 heteroatoms. The van der Waals surface area contributed by atoms with Gasteiger partial charge in [-0.2, -0.15) is 0 Å². The minimum Gasteiger partial charge on any atom is -0.408 e. The zero-order valence-electron chi connectivity index (χ0n) is 11.6. The van der Waals surface area contributed by atoms with Crippen LogP contribution in [0.3, 0.4) is 0 Å². The Morgan fingerprint density at radius 1 is 1.24 bits per heavy atom. The molecule has 3 rings (SSSR count). The maximum atomic E-state index is 13.1. The summed E-state index contributed by atoms with van der Waals surface area (Å²) in [5, 5.41) is 10.5. The highest BCUT2D eigenvalue weighted by Gasteiger charge is 2.15. The maximum absolute atomic E-state index is 13.1. The summed E-state index contributed by atoms with van der Waals surface area (Å²) in [6.07, 6.45) is -0.902. The quantitative estimate of drug-likeness (QED) is 0.788. The van der Waals surface area contributed by atoms with Crippen molar-refractivity contribution in [2.24, 2.45) is 7.05 Å². The number of aromatic nitrogens is 1. The zero-order chi connectivity index (χ0) is 15.1. The Kier molecular flexibility index (Phi) is 3.14. The first-order valence-electron chi connectivity index (χ1n) is 6.51. The fraction of sp³-hybridized carbons (Fsp3) is 0.188. The standard InChI is InChI=1S/C16H14FNO3/c1-9-7-11(17)4-5-12(9)15(19)10-3-6-13-14(8-10)21-16(20)18(13)2/h3-8,15,19H,1-2H3. The summed E-state index contributed by atoms with van der Waals surface area (Å²) in [6.45, 7) is 1.74. The molecule has 0 radical (unpaired) electrons. The molecule has 2 aromatic carbocycles. The van der Waals surface area contributed by atoms with Gasteiger partial charge in [-0.15, -0.1) is 0 Å². The molecule has 3 aromatic rings. The Bertz CT molecular complexity index is 879. The van der Waals surface area contributed by atoms with Gasteiger partial charge in [0.15, 0.2) is 5.58 Å². The van der Waals surface area contributed by atoms with Gasteiger partial charge in [0.25, 0.3) is 0 Å². The number of benzene rings is 2. The Labute approximate surface area is 120 Å². The van der Waals surface area contributed by atoms with E-state index in [9.17, 15) is 14.3 Å². The number of hydrogen-bond donors (Lipinski definition) is 1. The fourth-order valence-electron chi connectivity index (χ4n) is 2.45. The van der Waals surface area contributed by atoms with Crippen molar-refractivity contribution in [2.75, 3.05) is 0 Å².